The van der Waals surface area contributed by atoms with E-state index < -0.39 is 0 Å². The topological polar surface area (TPSA) is 43.2 Å². The minimum Gasteiger partial charge on any atom is -0.381 e. The smallest absolute Gasteiger partial charge is 0.0801 e. The Kier molecular flexibility index (Phi) is 4.63. The minimum atomic E-state index is 0.420. The number of ether oxygens (including phenoxy) is 1. The first-order valence-corrected chi connectivity index (χ1v) is 9.07. The molecule has 2 aliphatic rings. The molecule has 1 fully saturated rings. The van der Waals surface area contributed by atoms with E-state index in [0.717, 1.165) is 45.3 Å². The highest BCUT2D eigenvalue weighted by molar-refractivity contribution is 5.26. The average molecular weight is 326 g/mol. The Labute approximate surface area is 143 Å². The van der Waals surface area contributed by atoms with Crippen LogP contribution in [0.4, 0.5) is 0 Å². The molecule has 1 aliphatic heterocycles. The molecule has 1 saturated carbocycles. The average Bonchev–Trinajstić information content (AvgIpc) is 3.31. The fraction of sp³-hybridized carbons (Fsp3) is 0.579. The van der Waals surface area contributed by atoms with E-state index in [9.17, 15) is 0 Å². The molecule has 1 atom stereocenters. The van der Waals surface area contributed by atoms with E-state index in [-0.39, 0.29) is 0 Å². The van der Waals surface area contributed by atoms with Crippen molar-refractivity contribution in [3.8, 4) is 0 Å². The molecule has 3 heterocycles. The van der Waals surface area contributed by atoms with E-state index in [1.165, 1.54) is 29.7 Å². The molecule has 1 aliphatic carbocycles. The zero-order valence-electron chi connectivity index (χ0n) is 14.4. The highest BCUT2D eigenvalue weighted by Gasteiger charge is 2.30. The van der Waals surface area contributed by atoms with Crippen molar-refractivity contribution in [1.29, 1.82) is 0 Å². The third kappa shape index (κ3) is 3.68. The molecule has 0 N–H and O–H groups in total. The summed E-state index contributed by atoms with van der Waals surface area (Å²) >= 11 is 0. The second kappa shape index (κ2) is 7.03. The molecule has 0 saturated heterocycles. The molecule has 2 aromatic heterocycles. The molecule has 4 rings (SSSR count). The molecular weight excluding hydrogens is 300 g/mol. The van der Waals surface area contributed by atoms with Crippen LogP contribution in [0.3, 0.4) is 0 Å². The van der Waals surface area contributed by atoms with Crippen molar-refractivity contribution in [2.24, 2.45) is 5.92 Å². The van der Waals surface area contributed by atoms with Crippen LogP contribution >= 0.6 is 0 Å². The molecule has 0 spiro atoms. The lowest BCUT2D eigenvalue weighted by Crippen LogP contribution is -2.34. The summed E-state index contributed by atoms with van der Waals surface area (Å²) in [7, 11) is 0. The van der Waals surface area contributed by atoms with Gasteiger partial charge in [0, 0.05) is 62.9 Å². The predicted molar refractivity (Wildman–Crippen MR) is 92.5 cm³/mol. The third-order valence-corrected chi connectivity index (χ3v) is 4.98. The number of pyridine rings is 1. The molecule has 0 unspecified atom stereocenters. The summed E-state index contributed by atoms with van der Waals surface area (Å²) in [5, 5.41) is 4.89. The maximum Gasteiger partial charge on any atom is 0.0801 e. The number of hydrogen-bond acceptors (Lipinski definition) is 4. The first kappa shape index (κ1) is 15.8. The van der Waals surface area contributed by atoms with E-state index >= 15 is 0 Å². The van der Waals surface area contributed by atoms with Crippen molar-refractivity contribution in [3.63, 3.8) is 0 Å². The van der Waals surface area contributed by atoms with Crippen molar-refractivity contribution in [1.82, 2.24) is 19.7 Å². The summed E-state index contributed by atoms with van der Waals surface area (Å²) in [5.74, 6) is 1.27. The van der Waals surface area contributed by atoms with Gasteiger partial charge >= 0.3 is 0 Å². The monoisotopic (exact) mass is 326 g/mol. The van der Waals surface area contributed by atoms with Crippen LogP contribution in [0, 0.1) is 5.92 Å². The summed E-state index contributed by atoms with van der Waals surface area (Å²) in [6, 6.07) is 4.19. The van der Waals surface area contributed by atoms with Crippen molar-refractivity contribution in [2.75, 3.05) is 19.8 Å². The van der Waals surface area contributed by atoms with Gasteiger partial charge in [0.25, 0.3) is 0 Å². The van der Waals surface area contributed by atoms with Gasteiger partial charge in [-0.05, 0) is 43.4 Å². The van der Waals surface area contributed by atoms with E-state index in [1.54, 1.807) is 0 Å². The molecule has 128 valence electrons. The molecule has 5 heteroatoms. The third-order valence-electron chi connectivity index (χ3n) is 4.98. The van der Waals surface area contributed by atoms with Gasteiger partial charge in [-0.2, -0.15) is 5.10 Å². The standard InChI is InChI=1S/C19H26N4O/c1-2-24-14-17-11-22(9-16-5-7-20-8-6-16)13-19-18(17)12-23(21-19)10-15-3-4-15/h5-8,12,15,17H,2-4,9-11,13-14H2,1H3/t17-/m1/s1. The molecular formula is C19H26N4O. The molecule has 0 bridgehead atoms. The highest BCUT2D eigenvalue weighted by Crippen LogP contribution is 2.33. The summed E-state index contributed by atoms with van der Waals surface area (Å²) in [4.78, 5) is 6.59. The van der Waals surface area contributed by atoms with Gasteiger partial charge in [0.05, 0.1) is 12.3 Å². The van der Waals surface area contributed by atoms with Crippen LogP contribution in [-0.2, 0) is 24.4 Å². The van der Waals surface area contributed by atoms with Gasteiger partial charge in [-0.25, -0.2) is 0 Å². The van der Waals surface area contributed by atoms with Crippen molar-refractivity contribution in [2.45, 2.75) is 45.3 Å². The molecule has 5 nitrogen and oxygen atoms in total. The van der Waals surface area contributed by atoms with Gasteiger partial charge in [-0.1, -0.05) is 0 Å². The molecule has 24 heavy (non-hydrogen) atoms. The lowest BCUT2D eigenvalue weighted by Gasteiger charge is -2.31. The van der Waals surface area contributed by atoms with Gasteiger partial charge in [0.15, 0.2) is 0 Å². The van der Waals surface area contributed by atoms with E-state index in [4.69, 9.17) is 9.84 Å². The Morgan fingerprint density at radius 3 is 2.83 bits per heavy atom. The fourth-order valence-electron chi connectivity index (χ4n) is 3.55. The second-order valence-corrected chi connectivity index (χ2v) is 7.08. The minimum absolute atomic E-state index is 0.420. The van der Waals surface area contributed by atoms with Gasteiger partial charge in [-0.3, -0.25) is 14.6 Å². The Balaban J connectivity index is 1.51. The molecule has 0 amide bonds. The van der Waals surface area contributed by atoms with Gasteiger partial charge in [-0.15, -0.1) is 0 Å². The quantitative estimate of drug-likeness (QED) is 0.785. The van der Waals surface area contributed by atoms with Crippen LogP contribution < -0.4 is 0 Å². The molecule has 0 radical (unpaired) electrons. The van der Waals surface area contributed by atoms with Crippen LogP contribution in [0.1, 0.15) is 42.5 Å². The first-order valence-electron chi connectivity index (χ1n) is 9.07. The largest absolute Gasteiger partial charge is 0.381 e. The fourth-order valence-corrected chi connectivity index (χ4v) is 3.55. The summed E-state index contributed by atoms with van der Waals surface area (Å²) in [5.41, 5.74) is 3.94. The van der Waals surface area contributed by atoms with Crippen LogP contribution in [-0.4, -0.2) is 39.4 Å². The zero-order chi connectivity index (χ0) is 16.4. The maximum absolute atomic E-state index is 5.76. The zero-order valence-corrected chi connectivity index (χ0v) is 14.4. The van der Waals surface area contributed by atoms with E-state index in [1.807, 2.05) is 12.4 Å². The Morgan fingerprint density at radius 1 is 1.25 bits per heavy atom. The van der Waals surface area contributed by atoms with Crippen molar-refractivity contribution < 1.29 is 4.74 Å². The van der Waals surface area contributed by atoms with Crippen molar-refractivity contribution in [3.05, 3.63) is 47.5 Å². The lowest BCUT2D eigenvalue weighted by atomic mass is 9.95. The number of hydrogen-bond donors (Lipinski definition) is 0. The van der Waals surface area contributed by atoms with Crippen LogP contribution in [0.25, 0.3) is 0 Å². The van der Waals surface area contributed by atoms with Gasteiger partial charge < -0.3 is 4.74 Å². The van der Waals surface area contributed by atoms with Crippen LogP contribution in [0.15, 0.2) is 30.7 Å². The number of aromatic nitrogens is 3. The lowest BCUT2D eigenvalue weighted by molar-refractivity contribution is 0.105. The van der Waals surface area contributed by atoms with Gasteiger partial charge in [0.1, 0.15) is 0 Å². The normalized spacial score (nSPS) is 21.0. The van der Waals surface area contributed by atoms with Gasteiger partial charge in [0.2, 0.25) is 0 Å². The van der Waals surface area contributed by atoms with E-state index in [0.29, 0.717) is 5.92 Å². The first-order chi connectivity index (χ1) is 11.8. The number of nitrogens with zero attached hydrogens (tertiary/aromatic N) is 4. The maximum atomic E-state index is 5.76. The SMILES string of the molecule is CCOC[C@H]1CN(Cc2ccncc2)Cc2nn(CC3CC3)cc21. The van der Waals surface area contributed by atoms with Crippen LogP contribution in [0.5, 0.6) is 0 Å². The highest BCUT2D eigenvalue weighted by atomic mass is 16.5. The number of rotatable bonds is 7. The summed E-state index contributed by atoms with van der Waals surface area (Å²) < 4.78 is 7.94. The Hall–Kier alpha value is -1.72. The summed E-state index contributed by atoms with van der Waals surface area (Å²) in [6.07, 6.45) is 8.74. The second-order valence-electron chi connectivity index (χ2n) is 7.08. The van der Waals surface area contributed by atoms with E-state index in [2.05, 4.69) is 39.8 Å². The Bertz CT molecular complexity index is 665. The van der Waals surface area contributed by atoms with Crippen molar-refractivity contribution >= 4 is 0 Å². The summed E-state index contributed by atoms with van der Waals surface area (Å²) in [6.45, 7) is 7.61. The molecule has 0 aromatic carbocycles. The molecule has 2 aromatic rings. The predicted octanol–water partition coefficient (Wildman–Crippen LogP) is 2.82. The van der Waals surface area contributed by atoms with Crippen LogP contribution in [0.2, 0.25) is 0 Å². The number of fused-ring (bicyclic) bond motifs is 1. The Morgan fingerprint density at radius 2 is 2.08 bits per heavy atom.